The third-order valence-corrected chi connectivity index (χ3v) is 12.0. The van der Waals surface area contributed by atoms with E-state index < -0.39 is 70.8 Å². The molecule has 2 N–H and O–H groups in total. The fraction of sp³-hybridized carbons (Fsp3) is 0.857. The van der Waals surface area contributed by atoms with Gasteiger partial charge in [0.2, 0.25) is 5.91 Å². The van der Waals surface area contributed by atoms with Gasteiger partial charge in [0, 0.05) is 78.7 Å². The van der Waals surface area contributed by atoms with Gasteiger partial charge in [0.25, 0.3) is 0 Å². The smallest absolute Gasteiger partial charge is 0.329 e. The second kappa shape index (κ2) is 36.8. The van der Waals surface area contributed by atoms with Crippen molar-refractivity contribution >= 4 is 48.0 Å². The van der Waals surface area contributed by atoms with Gasteiger partial charge >= 0.3 is 35.8 Å². The predicted octanol–water partition coefficient (Wildman–Crippen LogP) is 6.76. The molecule has 0 spiro atoms. The third kappa shape index (κ3) is 35.2. The number of carboxylic acids is 1. The van der Waals surface area contributed by atoms with Crippen LogP contribution < -0.4 is 5.32 Å². The van der Waals surface area contributed by atoms with Gasteiger partial charge in [-0.2, -0.15) is 0 Å². The molecule has 1 heterocycles. The molecule has 442 valence electrons. The van der Waals surface area contributed by atoms with E-state index in [0.717, 1.165) is 12.7 Å². The van der Waals surface area contributed by atoms with Crippen LogP contribution in [0, 0.1) is 0 Å². The van der Waals surface area contributed by atoms with Crippen LogP contribution in [0.15, 0.2) is 0 Å². The Bertz CT molecular complexity index is 1740. The number of aliphatic carboxylic acids is 1. The van der Waals surface area contributed by atoms with E-state index in [1.54, 1.807) is 83.3 Å². The Morgan fingerprint density at radius 1 is 0.526 bits per heavy atom. The van der Waals surface area contributed by atoms with E-state index in [9.17, 15) is 38.4 Å². The van der Waals surface area contributed by atoms with E-state index in [2.05, 4.69) is 20.0 Å². The molecule has 1 aliphatic heterocycles. The molecule has 0 aromatic carbocycles. The number of ether oxygens (including phenoxy) is 6. The van der Waals surface area contributed by atoms with Crippen molar-refractivity contribution in [2.24, 2.45) is 0 Å². The van der Waals surface area contributed by atoms with Crippen molar-refractivity contribution in [3.63, 3.8) is 0 Å². The molecule has 4 atom stereocenters. The van der Waals surface area contributed by atoms with Crippen molar-refractivity contribution in [3.05, 3.63) is 0 Å². The predicted molar refractivity (Wildman–Crippen MR) is 291 cm³/mol. The third-order valence-electron chi connectivity index (χ3n) is 12.0. The van der Waals surface area contributed by atoms with Crippen LogP contribution in [0.3, 0.4) is 0 Å². The van der Waals surface area contributed by atoms with Crippen LogP contribution in [-0.4, -0.2) is 199 Å². The number of hydrogen-bond donors (Lipinski definition) is 2. The number of esters is 5. The van der Waals surface area contributed by atoms with E-state index >= 15 is 0 Å². The summed E-state index contributed by atoms with van der Waals surface area (Å²) in [5, 5.41) is 11.8. The molecule has 0 aromatic heterocycles. The number of nitrogens with one attached hydrogen (secondary N) is 1. The molecule has 76 heavy (non-hydrogen) atoms. The summed E-state index contributed by atoms with van der Waals surface area (Å²) in [6.45, 7) is 31.8. The zero-order valence-electron chi connectivity index (χ0n) is 49.8. The summed E-state index contributed by atoms with van der Waals surface area (Å²) in [6.07, 6.45) is 4.58. The standard InChI is InChI=1S/C51H91N5O14.C5H12O/c1-13-20-38(37-57)54-31-29-53(28-17-16-21-39(46(63)68-49(4,5)6)52-42(58)26-27-43(59)60)30-32-55(40(47(64)69-50(7,8)9)22-18-24-44(61)66-14-2)35-36-56(34-33-54)41(48(65)70-51(10,11)12)23-19-25-45(62)67-15-3;1-5(2,3)6-4/h37-41H,13-36H2,1-12H3,(H,52,58)(H,59,60);1-4H3. The van der Waals surface area contributed by atoms with Gasteiger partial charge in [-0.3, -0.25) is 43.5 Å². The Hall–Kier alpha value is -4.24. The van der Waals surface area contributed by atoms with Gasteiger partial charge in [-0.25, -0.2) is 4.79 Å². The molecule has 0 radical (unpaired) electrons. The monoisotopic (exact) mass is 1090 g/mol. The summed E-state index contributed by atoms with van der Waals surface area (Å²) in [7, 11) is 1.71. The van der Waals surface area contributed by atoms with Gasteiger partial charge in [0.05, 0.1) is 31.3 Å². The Morgan fingerprint density at radius 3 is 1.32 bits per heavy atom. The van der Waals surface area contributed by atoms with Gasteiger partial charge in [-0.1, -0.05) is 13.3 Å². The van der Waals surface area contributed by atoms with Crippen LogP contribution in [-0.2, 0) is 66.8 Å². The van der Waals surface area contributed by atoms with Crippen LogP contribution in [0.25, 0.3) is 0 Å². The minimum atomic E-state index is -1.12. The number of nitrogens with zero attached hydrogens (tertiary/aromatic N) is 4. The highest BCUT2D eigenvalue weighted by atomic mass is 16.6. The minimum absolute atomic E-state index is 0.0417. The van der Waals surface area contributed by atoms with E-state index in [1.165, 1.54) is 0 Å². The van der Waals surface area contributed by atoms with Gasteiger partial charge in [0.1, 0.15) is 41.2 Å². The van der Waals surface area contributed by atoms with Crippen LogP contribution >= 0.6 is 0 Å². The van der Waals surface area contributed by atoms with E-state index in [1.807, 2.05) is 32.6 Å². The number of methoxy groups -OCH3 is 1. The molecule has 20 nitrogen and oxygen atoms in total. The largest absolute Gasteiger partial charge is 0.481 e. The summed E-state index contributed by atoms with van der Waals surface area (Å²) >= 11 is 0. The highest BCUT2D eigenvalue weighted by molar-refractivity contribution is 5.86. The van der Waals surface area contributed by atoms with E-state index in [4.69, 9.17) is 33.5 Å². The van der Waals surface area contributed by atoms with Crippen LogP contribution in [0.4, 0.5) is 0 Å². The first-order valence-corrected chi connectivity index (χ1v) is 27.7. The number of carboxylic acid groups (broad SMARTS) is 1. The molecule has 1 fully saturated rings. The first-order valence-electron chi connectivity index (χ1n) is 27.7. The van der Waals surface area contributed by atoms with E-state index in [0.29, 0.717) is 104 Å². The maximum Gasteiger partial charge on any atom is 0.329 e. The van der Waals surface area contributed by atoms with Crippen molar-refractivity contribution in [1.29, 1.82) is 0 Å². The molecule has 1 saturated heterocycles. The molecule has 1 aliphatic rings. The van der Waals surface area contributed by atoms with Crippen molar-refractivity contribution in [1.82, 2.24) is 24.9 Å². The molecular formula is C56H103N5O15. The molecular weight excluding hydrogens is 983 g/mol. The van der Waals surface area contributed by atoms with Gasteiger partial charge in [-0.15, -0.1) is 0 Å². The molecule has 0 bridgehead atoms. The SMILES string of the molecule is CCCC(C=O)N1CCN(CCCCC(NC(=O)CCC(=O)O)C(=O)OC(C)(C)C)CCN(C(CCCC(=O)OCC)C(=O)OC(C)(C)C)CCN(C(CCCC(=O)OCC)C(=O)OC(C)(C)C)CC1.COC(C)(C)C. The van der Waals surface area contributed by atoms with Crippen molar-refractivity contribution in [3.8, 4) is 0 Å². The summed E-state index contributed by atoms with van der Waals surface area (Å²) in [5.74, 6) is -3.91. The van der Waals surface area contributed by atoms with Gasteiger partial charge < -0.3 is 48.5 Å². The van der Waals surface area contributed by atoms with E-state index in [-0.39, 0.29) is 62.9 Å². The normalized spacial score (nSPS) is 16.7. The average Bonchev–Trinajstić information content (AvgIpc) is 3.28. The Balaban J connectivity index is 0.00000880. The number of hydrogen-bond acceptors (Lipinski definition) is 18. The lowest BCUT2D eigenvalue weighted by molar-refractivity contribution is -0.165. The molecule has 0 aliphatic carbocycles. The average molecular weight is 1090 g/mol. The Kier molecular flexibility index (Phi) is 34.7. The van der Waals surface area contributed by atoms with Crippen molar-refractivity contribution in [2.45, 2.75) is 234 Å². The van der Waals surface area contributed by atoms with Gasteiger partial charge in [-0.05, 0) is 155 Å². The quantitative estimate of drug-likeness (QED) is 0.0356. The Labute approximate surface area is 456 Å². The lowest BCUT2D eigenvalue weighted by Crippen LogP contribution is -2.55. The summed E-state index contributed by atoms with van der Waals surface area (Å²) in [6, 6.07) is -2.92. The van der Waals surface area contributed by atoms with Gasteiger partial charge in [0.15, 0.2) is 0 Å². The summed E-state index contributed by atoms with van der Waals surface area (Å²) < 4.78 is 33.0. The minimum Gasteiger partial charge on any atom is -0.481 e. The zero-order valence-corrected chi connectivity index (χ0v) is 49.8. The molecule has 0 aromatic rings. The summed E-state index contributed by atoms with van der Waals surface area (Å²) in [4.78, 5) is 112. The molecule has 0 saturated carbocycles. The highest BCUT2D eigenvalue weighted by Crippen LogP contribution is 2.22. The number of amides is 1. The second-order valence-corrected chi connectivity index (χ2v) is 23.3. The maximum atomic E-state index is 14.3. The van der Waals surface area contributed by atoms with Crippen LogP contribution in [0.2, 0.25) is 0 Å². The first-order chi connectivity index (χ1) is 35.3. The maximum absolute atomic E-state index is 14.3. The molecule has 4 unspecified atom stereocenters. The molecule has 20 heteroatoms. The molecule has 1 amide bonds. The zero-order chi connectivity index (χ0) is 58.3. The van der Waals surface area contributed by atoms with Crippen LogP contribution in [0.1, 0.15) is 187 Å². The number of carbonyl (C=O) groups excluding carboxylic acids is 7. The Morgan fingerprint density at radius 2 is 0.934 bits per heavy atom. The summed E-state index contributed by atoms with van der Waals surface area (Å²) in [5.41, 5.74) is -2.39. The highest BCUT2D eigenvalue weighted by Gasteiger charge is 2.36. The fourth-order valence-electron chi connectivity index (χ4n) is 8.09. The first kappa shape index (κ1) is 71.8. The number of unbranched alkanes of at least 4 members (excludes halogenated alkanes) is 1. The van der Waals surface area contributed by atoms with Crippen molar-refractivity contribution in [2.75, 3.05) is 79.2 Å². The van der Waals surface area contributed by atoms with Crippen LogP contribution in [0.5, 0.6) is 0 Å². The number of carbonyl (C=O) groups is 8. The second-order valence-electron chi connectivity index (χ2n) is 23.3. The van der Waals surface area contributed by atoms with Crippen molar-refractivity contribution < 1.29 is 71.9 Å². The molecule has 1 rings (SSSR count). The topological polar surface area (TPSA) is 237 Å². The number of aldehydes is 1. The lowest BCUT2D eigenvalue weighted by atomic mass is 10.0. The fourth-order valence-corrected chi connectivity index (χ4v) is 8.09. The number of rotatable bonds is 28. The lowest BCUT2D eigenvalue weighted by Gasteiger charge is -2.40.